The standard InChI is InChI=1S/C16H12N4/c1-11-6-8-12(9-7-11)18-16-13-4-2-3-5-14(13)19-20-15(16)10-17/h2-9H,1H3,(H,18,19). The molecule has 4 nitrogen and oxygen atoms in total. The average Bonchev–Trinajstić information content (AvgIpc) is 2.50. The first-order chi connectivity index (χ1) is 9.78. The van der Waals surface area contributed by atoms with E-state index < -0.39 is 0 Å². The molecule has 0 unspecified atom stereocenters. The summed E-state index contributed by atoms with van der Waals surface area (Å²) in [6, 6.07) is 17.7. The monoisotopic (exact) mass is 260 g/mol. The maximum absolute atomic E-state index is 9.21. The predicted octanol–water partition coefficient (Wildman–Crippen LogP) is 3.55. The van der Waals surface area contributed by atoms with Crippen LogP contribution in [0.2, 0.25) is 0 Å². The number of nitrogens with zero attached hydrogens (tertiary/aromatic N) is 3. The number of aromatic nitrogens is 2. The Kier molecular flexibility index (Phi) is 3.02. The second kappa shape index (κ2) is 4.98. The fourth-order valence-electron chi connectivity index (χ4n) is 2.04. The summed E-state index contributed by atoms with van der Waals surface area (Å²) in [7, 11) is 0. The van der Waals surface area contributed by atoms with Gasteiger partial charge in [-0.15, -0.1) is 10.2 Å². The summed E-state index contributed by atoms with van der Waals surface area (Å²) in [5.41, 5.74) is 3.87. The molecule has 0 radical (unpaired) electrons. The summed E-state index contributed by atoms with van der Waals surface area (Å²) in [4.78, 5) is 0. The summed E-state index contributed by atoms with van der Waals surface area (Å²) >= 11 is 0. The molecule has 1 heterocycles. The van der Waals surface area contributed by atoms with Gasteiger partial charge >= 0.3 is 0 Å². The molecule has 0 atom stereocenters. The second-order valence-corrected chi connectivity index (χ2v) is 4.54. The first-order valence-corrected chi connectivity index (χ1v) is 6.27. The smallest absolute Gasteiger partial charge is 0.187 e. The van der Waals surface area contributed by atoms with Gasteiger partial charge in [0.25, 0.3) is 0 Å². The van der Waals surface area contributed by atoms with Crippen molar-refractivity contribution >= 4 is 22.3 Å². The van der Waals surface area contributed by atoms with Crippen LogP contribution in [0.1, 0.15) is 11.3 Å². The molecule has 0 spiro atoms. The van der Waals surface area contributed by atoms with Crippen molar-refractivity contribution in [3.63, 3.8) is 0 Å². The van der Waals surface area contributed by atoms with E-state index in [9.17, 15) is 5.26 Å². The first-order valence-electron chi connectivity index (χ1n) is 6.27. The molecule has 4 heteroatoms. The van der Waals surface area contributed by atoms with Gasteiger partial charge in [0, 0.05) is 11.1 Å². The van der Waals surface area contributed by atoms with E-state index in [1.807, 2.05) is 55.5 Å². The van der Waals surface area contributed by atoms with Crippen molar-refractivity contribution in [3.05, 3.63) is 59.8 Å². The minimum Gasteiger partial charge on any atom is -0.353 e. The Morgan fingerprint density at radius 3 is 2.50 bits per heavy atom. The van der Waals surface area contributed by atoms with E-state index in [1.54, 1.807) is 0 Å². The third kappa shape index (κ3) is 2.17. The third-order valence-corrected chi connectivity index (χ3v) is 3.09. The number of fused-ring (bicyclic) bond motifs is 1. The molecule has 0 amide bonds. The summed E-state index contributed by atoms with van der Waals surface area (Å²) in [5.74, 6) is 0. The van der Waals surface area contributed by atoms with Crippen molar-refractivity contribution in [1.29, 1.82) is 5.26 Å². The van der Waals surface area contributed by atoms with E-state index in [-0.39, 0.29) is 0 Å². The van der Waals surface area contributed by atoms with Gasteiger partial charge in [0.05, 0.1) is 11.2 Å². The fraction of sp³-hybridized carbons (Fsp3) is 0.0625. The second-order valence-electron chi connectivity index (χ2n) is 4.54. The topological polar surface area (TPSA) is 61.6 Å². The van der Waals surface area contributed by atoms with Gasteiger partial charge in [0.1, 0.15) is 6.07 Å². The Morgan fingerprint density at radius 1 is 1.00 bits per heavy atom. The highest BCUT2D eigenvalue weighted by Crippen LogP contribution is 2.27. The van der Waals surface area contributed by atoms with Crippen molar-refractivity contribution in [2.45, 2.75) is 6.92 Å². The molecule has 0 saturated carbocycles. The van der Waals surface area contributed by atoms with Gasteiger partial charge in [0.15, 0.2) is 5.69 Å². The highest BCUT2D eigenvalue weighted by Gasteiger charge is 2.10. The zero-order valence-electron chi connectivity index (χ0n) is 11.0. The van der Waals surface area contributed by atoms with Crippen LogP contribution in [-0.4, -0.2) is 10.2 Å². The van der Waals surface area contributed by atoms with Crippen LogP contribution in [0.4, 0.5) is 11.4 Å². The zero-order valence-corrected chi connectivity index (χ0v) is 11.0. The summed E-state index contributed by atoms with van der Waals surface area (Å²) in [6.45, 7) is 2.04. The van der Waals surface area contributed by atoms with E-state index in [0.717, 1.165) is 16.6 Å². The van der Waals surface area contributed by atoms with E-state index in [2.05, 4.69) is 21.6 Å². The molecule has 2 aromatic carbocycles. The highest BCUT2D eigenvalue weighted by atomic mass is 15.1. The largest absolute Gasteiger partial charge is 0.353 e. The Morgan fingerprint density at radius 2 is 1.75 bits per heavy atom. The van der Waals surface area contributed by atoms with Gasteiger partial charge in [-0.2, -0.15) is 5.26 Å². The molecule has 0 aliphatic rings. The van der Waals surface area contributed by atoms with E-state index >= 15 is 0 Å². The number of benzene rings is 2. The van der Waals surface area contributed by atoms with Crippen LogP contribution in [0.15, 0.2) is 48.5 Å². The van der Waals surface area contributed by atoms with Crippen LogP contribution in [0.3, 0.4) is 0 Å². The van der Waals surface area contributed by atoms with Crippen LogP contribution < -0.4 is 5.32 Å². The number of aryl methyl sites for hydroxylation is 1. The van der Waals surface area contributed by atoms with Crippen LogP contribution in [0, 0.1) is 18.3 Å². The third-order valence-electron chi connectivity index (χ3n) is 3.09. The summed E-state index contributed by atoms with van der Waals surface area (Å²) in [6.07, 6.45) is 0. The molecule has 96 valence electrons. The molecule has 0 aliphatic heterocycles. The molecule has 3 aromatic rings. The molecule has 1 aromatic heterocycles. The maximum atomic E-state index is 9.21. The number of nitriles is 1. The van der Waals surface area contributed by atoms with Crippen molar-refractivity contribution < 1.29 is 0 Å². The predicted molar refractivity (Wildman–Crippen MR) is 78.7 cm³/mol. The molecular weight excluding hydrogens is 248 g/mol. The lowest BCUT2D eigenvalue weighted by molar-refractivity contribution is 1.05. The highest BCUT2D eigenvalue weighted by molar-refractivity contribution is 5.94. The Hall–Kier alpha value is -2.93. The Balaban J connectivity index is 2.14. The molecule has 0 aliphatic carbocycles. The van der Waals surface area contributed by atoms with Crippen LogP contribution in [-0.2, 0) is 0 Å². The average molecular weight is 260 g/mol. The van der Waals surface area contributed by atoms with Crippen molar-refractivity contribution in [2.75, 3.05) is 5.32 Å². The quantitative estimate of drug-likeness (QED) is 0.765. The molecule has 0 bridgehead atoms. The zero-order chi connectivity index (χ0) is 13.9. The minimum absolute atomic E-state index is 0.296. The number of rotatable bonds is 2. The molecular formula is C16H12N4. The summed E-state index contributed by atoms with van der Waals surface area (Å²) < 4.78 is 0. The van der Waals surface area contributed by atoms with E-state index in [4.69, 9.17) is 0 Å². The van der Waals surface area contributed by atoms with E-state index in [1.165, 1.54) is 5.56 Å². The molecule has 20 heavy (non-hydrogen) atoms. The number of anilines is 2. The van der Waals surface area contributed by atoms with E-state index in [0.29, 0.717) is 11.4 Å². The molecule has 1 N–H and O–H groups in total. The van der Waals surface area contributed by atoms with Gasteiger partial charge in [-0.05, 0) is 25.1 Å². The lowest BCUT2D eigenvalue weighted by atomic mass is 10.1. The van der Waals surface area contributed by atoms with Crippen molar-refractivity contribution in [1.82, 2.24) is 10.2 Å². The molecule has 3 rings (SSSR count). The lowest BCUT2D eigenvalue weighted by Gasteiger charge is -2.10. The van der Waals surface area contributed by atoms with Gasteiger partial charge in [-0.1, -0.05) is 35.9 Å². The SMILES string of the molecule is Cc1ccc(Nc2c(C#N)nnc3ccccc23)cc1. The van der Waals surface area contributed by atoms with Crippen LogP contribution >= 0.6 is 0 Å². The maximum Gasteiger partial charge on any atom is 0.187 e. The fourth-order valence-corrected chi connectivity index (χ4v) is 2.04. The van der Waals surface area contributed by atoms with Crippen LogP contribution in [0.25, 0.3) is 10.9 Å². The van der Waals surface area contributed by atoms with Crippen LogP contribution in [0.5, 0.6) is 0 Å². The number of nitrogens with one attached hydrogen (secondary N) is 1. The first kappa shape index (κ1) is 12.1. The molecule has 0 saturated heterocycles. The minimum atomic E-state index is 0.296. The lowest BCUT2D eigenvalue weighted by Crippen LogP contribution is -1.99. The Labute approximate surface area is 116 Å². The van der Waals surface area contributed by atoms with Gasteiger partial charge in [0.2, 0.25) is 0 Å². The normalized spacial score (nSPS) is 10.2. The van der Waals surface area contributed by atoms with Gasteiger partial charge < -0.3 is 5.32 Å². The molecule has 0 fully saturated rings. The number of hydrogen-bond donors (Lipinski definition) is 1. The summed E-state index contributed by atoms with van der Waals surface area (Å²) in [5, 5.41) is 21.4. The Bertz CT molecular complexity index is 801. The van der Waals surface area contributed by atoms with Crippen molar-refractivity contribution in [2.24, 2.45) is 0 Å². The van der Waals surface area contributed by atoms with Gasteiger partial charge in [-0.25, -0.2) is 0 Å². The van der Waals surface area contributed by atoms with Crippen molar-refractivity contribution in [3.8, 4) is 6.07 Å². The number of hydrogen-bond acceptors (Lipinski definition) is 4. The van der Waals surface area contributed by atoms with Gasteiger partial charge in [-0.3, -0.25) is 0 Å².